The number of cyclic esters (lactones) is 1. The van der Waals surface area contributed by atoms with Gasteiger partial charge in [0.25, 0.3) is 0 Å². The van der Waals surface area contributed by atoms with Gasteiger partial charge in [-0.3, -0.25) is 9.69 Å². The summed E-state index contributed by atoms with van der Waals surface area (Å²) >= 11 is 0. The Hall–Kier alpha value is -2.10. The first-order valence-corrected chi connectivity index (χ1v) is 22.9. The molecule has 0 saturated carbocycles. The number of hydrogen-bond acceptors (Lipinski definition) is 17. The second-order valence-corrected chi connectivity index (χ2v) is 19.9. The van der Waals surface area contributed by atoms with Gasteiger partial charge in [-0.1, -0.05) is 20.8 Å². The SMILES string of the molecule is CC[C@H]1OC(=O)[C@H](C)[C@@H](O[C@H]2C[C@@](C)(OC)[C@@H](O)[C@H](C)O2)[C@H](C)[C@@H](O[C@@H]2O[C@H](C)CC(N(C)CC(O)CNc3cc(C)ccn3)[C@H]2O)[C@](C)(O)C[C@@H](C)CN(C)[C@H](C)[C@@H](O)[C@]1(C)O. The highest BCUT2D eigenvalue weighted by atomic mass is 16.7. The van der Waals surface area contributed by atoms with Gasteiger partial charge in [-0.25, -0.2) is 4.98 Å². The summed E-state index contributed by atoms with van der Waals surface area (Å²) in [5.41, 5.74) is -3.50. The Kier molecular flexibility index (Phi) is 18.8. The van der Waals surface area contributed by atoms with Crippen molar-refractivity contribution in [2.24, 2.45) is 17.8 Å². The highest BCUT2D eigenvalue weighted by molar-refractivity contribution is 5.73. The molecule has 0 bridgehead atoms. The molecule has 17 nitrogen and oxygen atoms in total. The lowest BCUT2D eigenvalue weighted by atomic mass is 9.77. The number of methoxy groups -OCH3 is 1. The number of ether oxygens (including phenoxy) is 6. The number of carbonyl (C=O) groups excluding carboxylic acids is 1. The van der Waals surface area contributed by atoms with Gasteiger partial charge in [0.2, 0.25) is 0 Å². The Balaban J connectivity index is 1.73. The molecule has 3 fully saturated rings. The van der Waals surface area contributed by atoms with Crippen LogP contribution >= 0.6 is 0 Å². The van der Waals surface area contributed by atoms with Crippen molar-refractivity contribution >= 4 is 11.8 Å². The summed E-state index contributed by atoms with van der Waals surface area (Å²) in [6, 6.07) is 2.70. The number of nitrogens with zero attached hydrogens (tertiary/aromatic N) is 3. The average Bonchev–Trinajstić information content (AvgIpc) is 3.21. The van der Waals surface area contributed by atoms with E-state index in [4.69, 9.17) is 28.4 Å². The van der Waals surface area contributed by atoms with Crippen molar-refractivity contribution in [3.63, 3.8) is 0 Å². The van der Waals surface area contributed by atoms with Crippen molar-refractivity contribution in [1.29, 1.82) is 0 Å². The van der Waals surface area contributed by atoms with Gasteiger partial charge in [-0.05, 0) is 112 Å². The van der Waals surface area contributed by atoms with Crippen LogP contribution < -0.4 is 5.32 Å². The molecule has 17 heteroatoms. The van der Waals surface area contributed by atoms with E-state index in [1.54, 1.807) is 54.7 Å². The predicted octanol–water partition coefficient (Wildman–Crippen LogP) is 2.45. The third-order valence-electron chi connectivity index (χ3n) is 14.0. The Morgan fingerprint density at radius 3 is 2.32 bits per heavy atom. The van der Waals surface area contributed by atoms with E-state index < -0.39 is 114 Å². The normalized spacial score (nSPS) is 43.4. The molecular weight excluding hydrogens is 817 g/mol. The smallest absolute Gasteiger partial charge is 0.311 e. The van der Waals surface area contributed by atoms with E-state index in [0.29, 0.717) is 18.8 Å². The average molecular weight is 899 g/mol. The largest absolute Gasteiger partial charge is 0.459 e. The van der Waals surface area contributed by atoms with Gasteiger partial charge >= 0.3 is 5.97 Å². The van der Waals surface area contributed by atoms with Crippen molar-refractivity contribution < 1.29 is 63.9 Å². The zero-order valence-corrected chi connectivity index (χ0v) is 40.3. The Morgan fingerprint density at radius 2 is 1.70 bits per heavy atom. The Morgan fingerprint density at radius 1 is 1.03 bits per heavy atom. The minimum Gasteiger partial charge on any atom is -0.459 e. The van der Waals surface area contributed by atoms with Crippen LogP contribution in [0.25, 0.3) is 0 Å². The van der Waals surface area contributed by atoms with Gasteiger partial charge < -0.3 is 69.3 Å². The highest BCUT2D eigenvalue weighted by Gasteiger charge is 2.53. The summed E-state index contributed by atoms with van der Waals surface area (Å²) in [5.74, 6) is -2.16. The van der Waals surface area contributed by atoms with Crippen molar-refractivity contribution in [2.45, 2.75) is 198 Å². The lowest BCUT2D eigenvalue weighted by molar-refractivity contribution is -0.318. The Labute approximate surface area is 375 Å². The fourth-order valence-corrected chi connectivity index (χ4v) is 10.0. The number of rotatable bonds is 12. The summed E-state index contributed by atoms with van der Waals surface area (Å²) in [4.78, 5) is 22.5. The molecule has 4 heterocycles. The van der Waals surface area contributed by atoms with Gasteiger partial charge in [-0.15, -0.1) is 0 Å². The lowest BCUT2D eigenvalue weighted by Gasteiger charge is -2.49. The molecular formula is C46H82N4O13. The molecule has 3 aliphatic rings. The minimum absolute atomic E-state index is 0.0977. The molecule has 1 aromatic heterocycles. The van der Waals surface area contributed by atoms with Crippen LogP contribution in [0.15, 0.2) is 18.3 Å². The summed E-state index contributed by atoms with van der Waals surface area (Å²) in [5, 5.41) is 73.5. The third kappa shape index (κ3) is 13.1. The number of pyridine rings is 1. The zero-order valence-electron chi connectivity index (χ0n) is 40.3. The highest BCUT2D eigenvalue weighted by Crippen LogP contribution is 2.40. The standard InChI is InChI=1S/C46H82N4O13/c1-15-34-46(11,57)39(53)30(7)49(12)23-26(3)20-44(9,56)41(28(5)38(29(6)42(55)61-34)62-36-21-45(10,58-14)40(54)31(8)60-36)63-43-37(52)33(19-27(4)59-43)50(13)24-32(51)22-48-35-18-25(2)16-17-47-35/h16-18,26-34,36-41,43,51-54,56-57H,15,19-24H2,1-14H3,(H,47,48)/t26-,27-,28+,29-,30-,31+,32?,33?,34-,36+,37-,38+,39-,40+,41-,43+,44-,45-,46-/m1/s1. The van der Waals surface area contributed by atoms with E-state index >= 15 is 0 Å². The quantitative estimate of drug-likeness (QED) is 0.150. The first kappa shape index (κ1) is 53.5. The number of aliphatic hydroxyl groups is 6. The molecule has 0 radical (unpaired) electrons. The molecule has 364 valence electrons. The number of aromatic nitrogens is 1. The van der Waals surface area contributed by atoms with E-state index in [0.717, 1.165) is 5.56 Å². The summed E-state index contributed by atoms with van der Waals surface area (Å²) in [6.45, 7) is 20.3. The van der Waals surface area contributed by atoms with Crippen molar-refractivity contribution in [2.75, 3.05) is 46.2 Å². The van der Waals surface area contributed by atoms with Crippen LogP contribution in [0.2, 0.25) is 0 Å². The van der Waals surface area contributed by atoms with Crippen molar-refractivity contribution in [3.8, 4) is 0 Å². The first-order valence-electron chi connectivity index (χ1n) is 22.9. The first-order chi connectivity index (χ1) is 29.3. The number of carbonyl (C=O) groups is 1. The van der Waals surface area contributed by atoms with E-state index in [-0.39, 0.29) is 38.3 Å². The van der Waals surface area contributed by atoms with Gasteiger partial charge in [0.15, 0.2) is 12.6 Å². The fraction of sp³-hybridized carbons (Fsp3) is 0.870. The molecule has 3 aliphatic heterocycles. The number of aliphatic hydroxyl groups excluding tert-OH is 4. The molecule has 0 spiro atoms. The van der Waals surface area contributed by atoms with Crippen LogP contribution in [0, 0.1) is 24.7 Å². The topological polar surface area (TPSA) is 225 Å². The molecule has 4 rings (SSSR count). The number of aryl methyl sites for hydroxylation is 1. The molecule has 1 aromatic rings. The van der Waals surface area contributed by atoms with Gasteiger partial charge in [0.05, 0.1) is 47.6 Å². The van der Waals surface area contributed by atoms with Crippen LogP contribution in [0.4, 0.5) is 5.82 Å². The second kappa shape index (κ2) is 22.1. The molecule has 19 atom stereocenters. The van der Waals surface area contributed by atoms with Crippen LogP contribution in [0.5, 0.6) is 0 Å². The molecule has 0 amide bonds. The second-order valence-electron chi connectivity index (χ2n) is 19.9. The molecule has 0 aliphatic carbocycles. The van der Waals surface area contributed by atoms with Crippen LogP contribution in [0.1, 0.15) is 100 Å². The van der Waals surface area contributed by atoms with Crippen LogP contribution in [-0.4, -0.2) is 189 Å². The molecule has 2 unspecified atom stereocenters. The summed E-state index contributed by atoms with van der Waals surface area (Å²) < 4.78 is 38.0. The third-order valence-corrected chi connectivity index (χ3v) is 14.0. The van der Waals surface area contributed by atoms with Gasteiger partial charge in [-0.2, -0.15) is 0 Å². The van der Waals surface area contributed by atoms with E-state index in [9.17, 15) is 35.4 Å². The minimum atomic E-state index is -1.84. The number of nitrogens with one attached hydrogen (secondary N) is 1. The van der Waals surface area contributed by atoms with Gasteiger partial charge in [0, 0.05) is 57.4 Å². The maximum absolute atomic E-state index is 14.4. The maximum Gasteiger partial charge on any atom is 0.311 e. The monoisotopic (exact) mass is 899 g/mol. The number of likely N-dealkylation sites (N-methyl/N-ethyl adjacent to an activating group) is 2. The van der Waals surface area contributed by atoms with E-state index in [2.05, 4.69) is 10.3 Å². The molecule has 0 aromatic carbocycles. The fourth-order valence-electron chi connectivity index (χ4n) is 10.0. The number of esters is 1. The molecule has 63 heavy (non-hydrogen) atoms. The van der Waals surface area contributed by atoms with E-state index in [1.807, 2.05) is 56.8 Å². The molecule has 7 N–H and O–H groups in total. The van der Waals surface area contributed by atoms with Crippen LogP contribution in [0.3, 0.4) is 0 Å². The van der Waals surface area contributed by atoms with Crippen molar-refractivity contribution in [1.82, 2.24) is 14.8 Å². The van der Waals surface area contributed by atoms with Gasteiger partial charge in [0.1, 0.15) is 35.8 Å². The number of anilines is 1. The van der Waals surface area contributed by atoms with Crippen molar-refractivity contribution in [3.05, 3.63) is 23.9 Å². The molecule has 3 saturated heterocycles. The summed E-state index contributed by atoms with van der Waals surface area (Å²) in [7, 11) is 5.15. The zero-order chi connectivity index (χ0) is 47.4. The maximum atomic E-state index is 14.4. The van der Waals surface area contributed by atoms with E-state index in [1.165, 1.54) is 14.0 Å². The van der Waals surface area contributed by atoms with Crippen LogP contribution in [-0.2, 0) is 33.2 Å². The Bertz CT molecular complexity index is 1590. The summed E-state index contributed by atoms with van der Waals surface area (Å²) in [6.07, 6.45) is -8.38. The predicted molar refractivity (Wildman–Crippen MR) is 237 cm³/mol. The lowest BCUT2D eigenvalue weighted by Crippen LogP contribution is -2.61. The number of hydrogen-bond donors (Lipinski definition) is 7.